The molecule has 0 aliphatic heterocycles. The normalized spacial score (nSPS) is 19.1. The summed E-state index contributed by atoms with van der Waals surface area (Å²) in [5.41, 5.74) is 3.33. The van der Waals surface area contributed by atoms with Crippen molar-refractivity contribution < 1.29 is 13.9 Å². The number of anilines is 1. The van der Waals surface area contributed by atoms with E-state index in [0.717, 1.165) is 37.1 Å². The van der Waals surface area contributed by atoms with E-state index in [1.807, 2.05) is 0 Å². The van der Waals surface area contributed by atoms with E-state index in [4.69, 9.17) is 9.15 Å². The zero-order valence-corrected chi connectivity index (χ0v) is 16.6. The van der Waals surface area contributed by atoms with Crippen LogP contribution >= 0.6 is 0 Å². The minimum atomic E-state index is -0.367. The number of nitrogens with zero attached hydrogens (tertiary/aromatic N) is 3. The molecule has 1 N–H and O–H groups in total. The average molecular weight is 392 g/mol. The standard InChI is InChI=1S/C22H24N4O3/c1-13(2)14-4-6-15(7-5-14)22-26-17-10-19(28-3)16(11-20(17)29-22)25-21(27)18-12-23-8-9-24-18/h8-12,14-15H,1,4-7H2,2-3H3,(H,25,27). The van der Waals surface area contributed by atoms with Crippen molar-refractivity contribution in [1.82, 2.24) is 15.0 Å². The van der Waals surface area contributed by atoms with Gasteiger partial charge in [0.2, 0.25) is 0 Å². The second-order valence-corrected chi connectivity index (χ2v) is 7.51. The number of hydrogen-bond donors (Lipinski definition) is 1. The van der Waals surface area contributed by atoms with Gasteiger partial charge in [-0.05, 0) is 38.5 Å². The maximum Gasteiger partial charge on any atom is 0.275 e. The number of aromatic nitrogens is 3. The third kappa shape index (κ3) is 3.99. The van der Waals surface area contributed by atoms with Gasteiger partial charge in [0.05, 0.1) is 19.0 Å². The third-order valence-corrected chi connectivity index (χ3v) is 5.54. The number of carbonyl (C=O) groups is 1. The molecule has 0 atom stereocenters. The van der Waals surface area contributed by atoms with Gasteiger partial charge >= 0.3 is 0 Å². The largest absolute Gasteiger partial charge is 0.494 e. The summed E-state index contributed by atoms with van der Waals surface area (Å²) in [6, 6.07) is 3.53. The van der Waals surface area contributed by atoms with Crippen molar-refractivity contribution in [2.45, 2.75) is 38.5 Å². The van der Waals surface area contributed by atoms with Crippen molar-refractivity contribution in [3.8, 4) is 5.75 Å². The summed E-state index contributed by atoms with van der Waals surface area (Å²) in [6.07, 6.45) is 8.70. The number of carbonyl (C=O) groups excluding carboxylic acids is 1. The van der Waals surface area contributed by atoms with Crippen LogP contribution < -0.4 is 10.1 Å². The van der Waals surface area contributed by atoms with E-state index in [9.17, 15) is 4.79 Å². The van der Waals surface area contributed by atoms with Gasteiger partial charge in [-0.2, -0.15) is 0 Å². The van der Waals surface area contributed by atoms with E-state index < -0.39 is 0 Å². The first-order valence-corrected chi connectivity index (χ1v) is 9.76. The summed E-state index contributed by atoms with van der Waals surface area (Å²) in [6.45, 7) is 6.19. The van der Waals surface area contributed by atoms with Gasteiger partial charge in [-0.25, -0.2) is 9.97 Å². The Balaban J connectivity index is 1.57. The van der Waals surface area contributed by atoms with E-state index in [1.165, 1.54) is 24.2 Å². The molecule has 2 aromatic heterocycles. The van der Waals surface area contributed by atoms with Crippen LogP contribution in [0.2, 0.25) is 0 Å². The predicted molar refractivity (Wildman–Crippen MR) is 110 cm³/mol. The number of rotatable bonds is 5. The van der Waals surface area contributed by atoms with E-state index >= 15 is 0 Å². The minimum absolute atomic E-state index is 0.224. The van der Waals surface area contributed by atoms with Crippen LogP contribution in [-0.2, 0) is 0 Å². The topological polar surface area (TPSA) is 90.1 Å². The van der Waals surface area contributed by atoms with Crippen LogP contribution in [0.15, 0.2) is 47.3 Å². The molecule has 0 radical (unpaired) electrons. The molecule has 1 aliphatic rings. The fourth-order valence-electron chi connectivity index (χ4n) is 3.85. The molecule has 3 aromatic rings. The lowest BCUT2D eigenvalue weighted by Crippen LogP contribution is -2.14. The van der Waals surface area contributed by atoms with Gasteiger partial charge in [-0.3, -0.25) is 9.78 Å². The maximum absolute atomic E-state index is 12.4. The summed E-state index contributed by atoms with van der Waals surface area (Å²) >= 11 is 0. The molecule has 7 heteroatoms. The first-order valence-electron chi connectivity index (χ1n) is 9.76. The molecule has 150 valence electrons. The molecule has 2 heterocycles. The van der Waals surface area contributed by atoms with Crippen molar-refractivity contribution in [2.75, 3.05) is 12.4 Å². The highest BCUT2D eigenvalue weighted by atomic mass is 16.5. The molecule has 29 heavy (non-hydrogen) atoms. The highest BCUT2D eigenvalue weighted by molar-refractivity contribution is 6.04. The lowest BCUT2D eigenvalue weighted by molar-refractivity contribution is 0.102. The number of oxazole rings is 1. The van der Waals surface area contributed by atoms with Crippen LogP contribution in [0.25, 0.3) is 11.1 Å². The van der Waals surface area contributed by atoms with Crippen LogP contribution in [-0.4, -0.2) is 28.0 Å². The Labute approximate surface area is 169 Å². The summed E-state index contributed by atoms with van der Waals surface area (Å²) in [5.74, 6) is 1.80. The highest BCUT2D eigenvalue weighted by Gasteiger charge is 2.26. The Bertz CT molecular complexity index is 1040. The van der Waals surface area contributed by atoms with Gasteiger partial charge in [0.25, 0.3) is 5.91 Å². The van der Waals surface area contributed by atoms with Crippen molar-refractivity contribution in [2.24, 2.45) is 5.92 Å². The van der Waals surface area contributed by atoms with Crippen LogP contribution in [0.3, 0.4) is 0 Å². The van der Waals surface area contributed by atoms with E-state index in [-0.39, 0.29) is 11.6 Å². The molecule has 1 amide bonds. The van der Waals surface area contributed by atoms with Gasteiger partial charge in [0.1, 0.15) is 17.0 Å². The highest BCUT2D eigenvalue weighted by Crippen LogP contribution is 2.40. The second kappa shape index (κ2) is 8.03. The molecular formula is C22H24N4O3. The Morgan fingerprint density at radius 1 is 1.24 bits per heavy atom. The Morgan fingerprint density at radius 3 is 2.69 bits per heavy atom. The van der Waals surface area contributed by atoms with Gasteiger partial charge < -0.3 is 14.5 Å². The smallest absolute Gasteiger partial charge is 0.275 e. The number of nitrogens with one attached hydrogen (secondary N) is 1. The molecule has 0 spiro atoms. The molecule has 0 unspecified atom stereocenters. The Hall–Kier alpha value is -3.22. The SMILES string of the molecule is C=C(C)C1CCC(c2nc3cc(OC)c(NC(=O)c4cnccn4)cc3o2)CC1. The molecule has 4 rings (SSSR count). The lowest BCUT2D eigenvalue weighted by atomic mass is 9.79. The maximum atomic E-state index is 12.4. The first-order chi connectivity index (χ1) is 14.0. The van der Waals surface area contributed by atoms with E-state index in [0.29, 0.717) is 28.9 Å². The fourth-order valence-corrected chi connectivity index (χ4v) is 3.85. The van der Waals surface area contributed by atoms with Crippen molar-refractivity contribution in [1.29, 1.82) is 0 Å². The molecule has 1 saturated carbocycles. The summed E-state index contributed by atoms with van der Waals surface area (Å²) in [5, 5.41) is 2.81. The summed E-state index contributed by atoms with van der Waals surface area (Å²) in [4.78, 5) is 25.1. The average Bonchev–Trinajstić information content (AvgIpc) is 3.16. The zero-order valence-electron chi connectivity index (χ0n) is 16.6. The van der Waals surface area contributed by atoms with Crippen LogP contribution in [0, 0.1) is 5.92 Å². The van der Waals surface area contributed by atoms with Crippen LogP contribution in [0.1, 0.15) is 54.9 Å². The van der Waals surface area contributed by atoms with Crippen molar-refractivity contribution in [3.63, 3.8) is 0 Å². The Kier molecular flexibility index (Phi) is 5.29. The fraction of sp³-hybridized carbons (Fsp3) is 0.364. The van der Waals surface area contributed by atoms with E-state index in [1.54, 1.807) is 19.2 Å². The summed E-state index contributed by atoms with van der Waals surface area (Å²) < 4.78 is 11.5. The van der Waals surface area contributed by atoms with Crippen molar-refractivity contribution >= 4 is 22.7 Å². The molecule has 7 nitrogen and oxygen atoms in total. The molecule has 1 aromatic carbocycles. The molecular weight excluding hydrogens is 368 g/mol. The quantitative estimate of drug-likeness (QED) is 0.632. The van der Waals surface area contributed by atoms with Gasteiger partial charge in [-0.1, -0.05) is 12.2 Å². The number of fused-ring (bicyclic) bond motifs is 1. The predicted octanol–water partition coefficient (Wildman–Crippen LogP) is 4.73. The van der Waals surface area contributed by atoms with Gasteiger partial charge in [-0.15, -0.1) is 0 Å². The number of amides is 1. The van der Waals surface area contributed by atoms with Crippen LogP contribution in [0.4, 0.5) is 5.69 Å². The number of benzene rings is 1. The van der Waals surface area contributed by atoms with Crippen molar-refractivity contribution in [3.05, 3.63) is 54.5 Å². The summed E-state index contributed by atoms with van der Waals surface area (Å²) in [7, 11) is 1.55. The molecule has 0 saturated heterocycles. The molecule has 0 bridgehead atoms. The first kappa shape index (κ1) is 19.1. The minimum Gasteiger partial charge on any atom is -0.494 e. The number of hydrogen-bond acceptors (Lipinski definition) is 6. The number of ether oxygens (including phenoxy) is 1. The number of methoxy groups -OCH3 is 1. The zero-order chi connectivity index (χ0) is 20.4. The third-order valence-electron chi connectivity index (χ3n) is 5.54. The molecule has 1 fully saturated rings. The van der Waals surface area contributed by atoms with E-state index in [2.05, 4.69) is 33.8 Å². The monoisotopic (exact) mass is 392 g/mol. The second-order valence-electron chi connectivity index (χ2n) is 7.51. The number of allylic oxidation sites excluding steroid dienone is 1. The lowest BCUT2D eigenvalue weighted by Gasteiger charge is -2.26. The Morgan fingerprint density at radius 2 is 2.03 bits per heavy atom. The molecule has 1 aliphatic carbocycles. The van der Waals surface area contributed by atoms with Crippen LogP contribution in [0.5, 0.6) is 5.75 Å². The van der Waals surface area contributed by atoms with Gasteiger partial charge in [0, 0.05) is 30.4 Å². The van der Waals surface area contributed by atoms with Gasteiger partial charge in [0.15, 0.2) is 11.5 Å².